The first-order chi connectivity index (χ1) is 13.7. The van der Waals surface area contributed by atoms with Crippen molar-refractivity contribution in [3.8, 4) is 0 Å². The number of imidazole rings is 1. The number of nitrogens with zero attached hydrogens (tertiary/aromatic N) is 2. The summed E-state index contributed by atoms with van der Waals surface area (Å²) in [5.41, 5.74) is -0.145. The summed E-state index contributed by atoms with van der Waals surface area (Å²) in [7, 11) is -4.03. The lowest BCUT2D eigenvalue weighted by molar-refractivity contribution is 0.0548. The van der Waals surface area contributed by atoms with Gasteiger partial charge in [0.2, 0.25) is 10.0 Å². The zero-order valence-corrected chi connectivity index (χ0v) is 15.3. The van der Waals surface area contributed by atoms with E-state index in [1.807, 2.05) is 0 Å². The van der Waals surface area contributed by atoms with Crippen molar-refractivity contribution in [1.29, 1.82) is 0 Å². The quantitative estimate of drug-likeness (QED) is 0.548. The number of β-amino-alcohol motifs (C(OH)–C–C–N with tert-alkyl or cyclic N) is 1. The molecule has 8 nitrogen and oxygen atoms in total. The SMILES string of the molecule is O=C(Nc1cc(F)c(F)c(F)c1)c1cc(S(=O)(=O)N2CC(O)C2)c2[nH]cnc2c1. The van der Waals surface area contributed by atoms with E-state index >= 15 is 0 Å². The van der Waals surface area contributed by atoms with Gasteiger partial charge < -0.3 is 15.4 Å². The molecule has 0 aliphatic carbocycles. The first-order valence-corrected chi connectivity index (χ1v) is 9.72. The van der Waals surface area contributed by atoms with E-state index in [0.717, 1.165) is 10.4 Å². The normalized spacial score (nSPS) is 15.4. The Morgan fingerprint density at radius 1 is 1.17 bits per heavy atom. The van der Waals surface area contributed by atoms with Crippen LogP contribution in [0.5, 0.6) is 0 Å². The highest BCUT2D eigenvalue weighted by Crippen LogP contribution is 2.28. The van der Waals surface area contributed by atoms with E-state index in [-0.39, 0.29) is 40.3 Å². The Morgan fingerprint density at radius 2 is 1.83 bits per heavy atom. The van der Waals surface area contributed by atoms with Crippen molar-refractivity contribution in [3.63, 3.8) is 0 Å². The molecule has 1 saturated heterocycles. The number of rotatable bonds is 4. The largest absolute Gasteiger partial charge is 0.390 e. The van der Waals surface area contributed by atoms with Crippen LogP contribution >= 0.6 is 0 Å². The van der Waals surface area contributed by atoms with E-state index in [4.69, 9.17) is 0 Å². The Kier molecular flexibility index (Phi) is 4.56. The van der Waals surface area contributed by atoms with Gasteiger partial charge in [-0.05, 0) is 12.1 Å². The van der Waals surface area contributed by atoms with E-state index in [1.54, 1.807) is 0 Å². The summed E-state index contributed by atoms with van der Waals surface area (Å²) in [5.74, 6) is -5.52. The Morgan fingerprint density at radius 3 is 2.45 bits per heavy atom. The highest BCUT2D eigenvalue weighted by molar-refractivity contribution is 7.89. The summed E-state index contributed by atoms with van der Waals surface area (Å²) in [6, 6.07) is 3.58. The Bertz CT molecular complexity index is 1220. The van der Waals surface area contributed by atoms with Crippen LogP contribution < -0.4 is 5.32 Å². The second-order valence-electron chi connectivity index (χ2n) is 6.45. The molecule has 0 atom stereocenters. The smallest absolute Gasteiger partial charge is 0.255 e. The van der Waals surface area contributed by atoms with Crippen LogP contribution in [0.2, 0.25) is 0 Å². The first-order valence-electron chi connectivity index (χ1n) is 8.28. The van der Waals surface area contributed by atoms with Crippen molar-refractivity contribution in [1.82, 2.24) is 14.3 Å². The van der Waals surface area contributed by atoms with Crippen LogP contribution in [-0.2, 0) is 10.0 Å². The van der Waals surface area contributed by atoms with Crippen molar-refractivity contribution in [2.75, 3.05) is 18.4 Å². The van der Waals surface area contributed by atoms with Gasteiger partial charge in [-0.25, -0.2) is 26.6 Å². The monoisotopic (exact) mass is 426 g/mol. The lowest BCUT2D eigenvalue weighted by Gasteiger charge is -2.34. The number of nitrogens with one attached hydrogen (secondary N) is 2. The minimum absolute atomic E-state index is 0.0808. The maximum Gasteiger partial charge on any atom is 0.255 e. The van der Waals surface area contributed by atoms with Crippen LogP contribution in [0, 0.1) is 17.5 Å². The predicted octanol–water partition coefficient (Wildman–Crippen LogP) is 1.60. The fourth-order valence-electron chi connectivity index (χ4n) is 2.93. The fraction of sp³-hybridized carbons (Fsp3) is 0.176. The van der Waals surface area contributed by atoms with E-state index in [1.165, 1.54) is 12.4 Å². The third kappa shape index (κ3) is 3.34. The van der Waals surface area contributed by atoms with Gasteiger partial charge in [-0.15, -0.1) is 0 Å². The lowest BCUT2D eigenvalue weighted by Crippen LogP contribution is -2.53. The molecular weight excluding hydrogens is 413 g/mol. The summed E-state index contributed by atoms with van der Waals surface area (Å²) < 4.78 is 66.5. The predicted molar refractivity (Wildman–Crippen MR) is 95.1 cm³/mol. The van der Waals surface area contributed by atoms with Crippen LogP contribution in [0.1, 0.15) is 10.4 Å². The molecule has 3 aromatic rings. The Hall–Kier alpha value is -2.96. The standard InChI is InChI=1S/C17H13F3N4O4S/c18-11-3-9(4-12(19)15(11)20)23-17(26)8-1-13-16(22-7-21-13)14(2-8)29(27,28)24-5-10(25)6-24/h1-4,7,10,25H,5-6H2,(H,21,22)(H,23,26). The van der Waals surface area contributed by atoms with Crippen molar-refractivity contribution in [2.24, 2.45) is 0 Å². The number of benzene rings is 2. The molecule has 2 aromatic carbocycles. The Labute approximate surface area is 162 Å². The fourth-order valence-corrected chi connectivity index (χ4v) is 4.64. The average Bonchev–Trinajstić information content (AvgIpc) is 3.11. The molecule has 1 fully saturated rings. The third-order valence-corrected chi connectivity index (χ3v) is 6.30. The van der Waals surface area contributed by atoms with Gasteiger partial charge in [-0.2, -0.15) is 4.31 Å². The van der Waals surface area contributed by atoms with Crippen molar-refractivity contribution >= 4 is 32.7 Å². The minimum atomic E-state index is -4.03. The number of aromatic amines is 1. The Balaban J connectivity index is 1.72. The summed E-state index contributed by atoms with van der Waals surface area (Å²) in [6.07, 6.45) is 0.484. The number of hydrogen-bond acceptors (Lipinski definition) is 5. The van der Waals surface area contributed by atoms with Gasteiger partial charge in [0.25, 0.3) is 5.91 Å². The molecule has 1 amide bonds. The highest BCUT2D eigenvalue weighted by Gasteiger charge is 2.37. The molecule has 152 valence electrons. The number of fused-ring (bicyclic) bond motifs is 1. The van der Waals surface area contributed by atoms with Gasteiger partial charge in [0.05, 0.1) is 23.5 Å². The van der Waals surface area contributed by atoms with Gasteiger partial charge in [0.15, 0.2) is 17.5 Å². The number of halogens is 3. The number of aromatic nitrogens is 2. The van der Waals surface area contributed by atoms with Crippen molar-refractivity contribution < 1.29 is 31.5 Å². The number of aliphatic hydroxyl groups is 1. The highest BCUT2D eigenvalue weighted by atomic mass is 32.2. The second-order valence-corrected chi connectivity index (χ2v) is 8.36. The summed E-state index contributed by atoms with van der Waals surface area (Å²) >= 11 is 0. The molecule has 0 bridgehead atoms. The van der Waals surface area contributed by atoms with Crippen molar-refractivity contribution in [2.45, 2.75) is 11.0 Å². The van der Waals surface area contributed by atoms with Crippen LogP contribution in [0.3, 0.4) is 0 Å². The van der Waals surface area contributed by atoms with E-state index < -0.39 is 39.5 Å². The maximum absolute atomic E-state index is 13.4. The number of aliphatic hydroxyl groups excluding tert-OH is 1. The molecular formula is C17H13F3N4O4S. The molecule has 2 heterocycles. The molecule has 0 saturated carbocycles. The molecule has 0 unspecified atom stereocenters. The molecule has 4 rings (SSSR count). The molecule has 0 radical (unpaired) electrons. The molecule has 1 aromatic heterocycles. The number of anilines is 1. The number of carbonyl (C=O) groups is 1. The van der Waals surface area contributed by atoms with E-state index in [9.17, 15) is 31.5 Å². The van der Waals surface area contributed by atoms with Crippen LogP contribution in [0.15, 0.2) is 35.5 Å². The van der Waals surface area contributed by atoms with Gasteiger partial charge >= 0.3 is 0 Å². The van der Waals surface area contributed by atoms with E-state index in [2.05, 4.69) is 15.3 Å². The van der Waals surface area contributed by atoms with Gasteiger partial charge in [0, 0.05) is 36.5 Å². The van der Waals surface area contributed by atoms with Gasteiger partial charge in [-0.1, -0.05) is 0 Å². The van der Waals surface area contributed by atoms with Crippen LogP contribution in [0.25, 0.3) is 11.0 Å². The van der Waals surface area contributed by atoms with Gasteiger partial charge in [-0.3, -0.25) is 4.79 Å². The minimum Gasteiger partial charge on any atom is -0.390 e. The summed E-state index contributed by atoms with van der Waals surface area (Å²) in [6.45, 7) is -0.162. The molecule has 29 heavy (non-hydrogen) atoms. The zero-order chi connectivity index (χ0) is 20.9. The molecule has 3 N–H and O–H groups in total. The summed E-state index contributed by atoms with van der Waals surface area (Å²) in [4.78, 5) is 19.0. The third-order valence-electron chi connectivity index (χ3n) is 4.44. The number of hydrogen-bond donors (Lipinski definition) is 3. The number of amides is 1. The molecule has 12 heteroatoms. The maximum atomic E-state index is 13.4. The first kappa shape index (κ1) is 19.4. The number of carbonyl (C=O) groups excluding carboxylic acids is 1. The number of H-pyrrole nitrogens is 1. The molecule has 1 aliphatic rings. The summed E-state index contributed by atoms with van der Waals surface area (Å²) in [5, 5.41) is 11.6. The second kappa shape index (κ2) is 6.83. The average molecular weight is 426 g/mol. The van der Waals surface area contributed by atoms with Crippen LogP contribution in [-0.4, -0.2) is 52.9 Å². The van der Waals surface area contributed by atoms with Crippen LogP contribution in [0.4, 0.5) is 18.9 Å². The lowest BCUT2D eigenvalue weighted by atomic mass is 10.1. The molecule has 0 spiro atoms. The number of sulfonamides is 1. The van der Waals surface area contributed by atoms with Crippen molar-refractivity contribution in [3.05, 3.63) is 53.6 Å². The van der Waals surface area contributed by atoms with Gasteiger partial charge in [0.1, 0.15) is 4.90 Å². The topological polar surface area (TPSA) is 115 Å². The zero-order valence-electron chi connectivity index (χ0n) is 14.5. The van der Waals surface area contributed by atoms with E-state index in [0.29, 0.717) is 12.1 Å². The molecule has 1 aliphatic heterocycles.